The molecule has 1 aliphatic heterocycles. The number of benzene rings is 2. The summed E-state index contributed by atoms with van der Waals surface area (Å²) in [7, 11) is -4.25. The first-order chi connectivity index (χ1) is 18.3. The summed E-state index contributed by atoms with van der Waals surface area (Å²) in [6.07, 6.45) is 1.98. The largest absolute Gasteiger partial charge is 0.494 e. The van der Waals surface area contributed by atoms with Crippen LogP contribution in [0.1, 0.15) is 25.5 Å². The number of piperidine rings is 1. The molecule has 2 aromatic heterocycles. The van der Waals surface area contributed by atoms with Crippen LogP contribution >= 0.6 is 11.3 Å². The monoisotopic (exact) mass is 561 g/mol. The molecule has 0 atom stereocenters. The molecule has 0 saturated carbocycles. The minimum Gasteiger partial charge on any atom is -0.494 e. The van der Waals surface area contributed by atoms with Gasteiger partial charge in [-0.15, -0.1) is 0 Å². The Hall–Kier alpha value is -3.35. The summed E-state index contributed by atoms with van der Waals surface area (Å²) in [6.45, 7) is 2.59. The molecule has 38 heavy (non-hydrogen) atoms. The zero-order chi connectivity index (χ0) is 26.9. The highest BCUT2D eigenvalue weighted by Crippen LogP contribution is 2.35. The average molecular weight is 562 g/mol. The standard InChI is InChI=1S/C26H25F2N3O5S2/c1-2-35-19-6-8-22-23(15-19)37-26(29-22)31(16-20-4-3-13-36-20)25(32)17-9-11-30(12-10-17)38(33,34)24-14-18(27)5-7-21(24)28/h3-8,13-15,17H,2,9-12,16H2,1H3. The number of hydrogen-bond acceptors (Lipinski definition) is 7. The second-order valence-corrected chi connectivity index (χ2v) is 11.7. The number of furan rings is 1. The zero-order valence-corrected chi connectivity index (χ0v) is 22.1. The molecule has 1 amide bonds. The summed E-state index contributed by atoms with van der Waals surface area (Å²) in [4.78, 5) is 19.3. The molecular weight excluding hydrogens is 536 g/mol. The van der Waals surface area contributed by atoms with Crippen molar-refractivity contribution >= 4 is 42.6 Å². The number of rotatable bonds is 8. The number of amides is 1. The predicted molar refractivity (Wildman–Crippen MR) is 139 cm³/mol. The molecule has 0 aliphatic carbocycles. The molecule has 0 radical (unpaired) electrons. The van der Waals surface area contributed by atoms with Crippen LogP contribution in [0.5, 0.6) is 5.75 Å². The van der Waals surface area contributed by atoms with Crippen molar-refractivity contribution in [2.75, 3.05) is 24.6 Å². The van der Waals surface area contributed by atoms with Gasteiger partial charge in [0.05, 0.1) is 29.6 Å². The number of nitrogens with zero attached hydrogens (tertiary/aromatic N) is 3. The highest BCUT2D eigenvalue weighted by atomic mass is 32.2. The fraction of sp³-hybridized carbons (Fsp3) is 0.308. The van der Waals surface area contributed by atoms with E-state index in [-0.39, 0.29) is 38.4 Å². The fourth-order valence-corrected chi connectivity index (χ4v) is 6.98. The van der Waals surface area contributed by atoms with Gasteiger partial charge in [-0.3, -0.25) is 9.69 Å². The lowest BCUT2D eigenvalue weighted by molar-refractivity contribution is -0.123. The van der Waals surface area contributed by atoms with Gasteiger partial charge >= 0.3 is 0 Å². The number of fused-ring (bicyclic) bond motifs is 1. The number of hydrogen-bond donors (Lipinski definition) is 0. The van der Waals surface area contributed by atoms with Gasteiger partial charge in [0.2, 0.25) is 15.9 Å². The van der Waals surface area contributed by atoms with E-state index in [4.69, 9.17) is 9.15 Å². The molecule has 0 N–H and O–H groups in total. The van der Waals surface area contributed by atoms with Crippen LogP contribution in [0.3, 0.4) is 0 Å². The Morgan fingerprint density at radius 3 is 2.68 bits per heavy atom. The number of sulfonamides is 1. The predicted octanol–water partition coefficient (Wildman–Crippen LogP) is 5.20. The lowest BCUT2D eigenvalue weighted by Crippen LogP contribution is -2.44. The fourth-order valence-electron chi connectivity index (χ4n) is 4.44. The van der Waals surface area contributed by atoms with E-state index in [1.54, 1.807) is 17.0 Å². The van der Waals surface area contributed by atoms with Crippen LogP contribution in [0.25, 0.3) is 10.2 Å². The molecule has 1 fully saturated rings. The first-order valence-corrected chi connectivity index (χ1v) is 14.3. The maximum absolute atomic E-state index is 14.2. The van der Waals surface area contributed by atoms with Crippen LogP contribution in [0.2, 0.25) is 0 Å². The van der Waals surface area contributed by atoms with Crippen molar-refractivity contribution in [2.24, 2.45) is 5.92 Å². The van der Waals surface area contributed by atoms with Crippen LogP contribution in [0, 0.1) is 17.6 Å². The van der Waals surface area contributed by atoms with E-state index in [1.807, 2.05) is 25.1 Å². The smallest absolute Gasteiger partial charge is 0.246 e. The topological polar surface area (TPSA) is 92.9 Å². The van der Waals surface area contributed by atoms with E-state index in [0.29, 0.717) is 29.3 Å². The minimum atomic E-state index is -4.25. The molecular formula is C26H25F2N3O5S2. The first-order valence-electron chi connectivity index (χ1n) is 12.1. The van der Waals surface area contributed by atoms with Gasteiger partial charge in [-0.25, -0.2) is 22.2 Å². The van der Waals surface area contributed by atoms with Crippen molar-refractivity contribution in [3.05, 3.63) is 72.2 Å². The van der Waals surface area contributed by atoms with Gasteiger partial charge in [0.25, 0.3) is 0 Å². The van der Waals surface area contributed by atoms with E-state index in [0.717, 1.165) is 26.7 Å². The van der Waals surface area contributed by atoms with Gasteiger partial charge in [-0.05, 0) is 68.3 Å². The summed E-state index contributed by atoms with van der Waals surface area (Å²) >= 11 is 1.35. The molecule has 8 nitrogen and oxygen atoms in total. The summed E-state index contributed by atoms with van der Waals surface area (Å²) in [5, 5.41) is 0.493. The Morgan fingerprint density at radius 2 is 1.97 bits per heavy atom. The van der Waals surface area contributed by atoms with Gasteiger partial charge in [-0.2, -0.15) is 4.31 Å². The maximum Gasteiger partial charge on any atom is 0.246 e. The van der Waals surface area contributed by atoms with E-state index >= 15 is 0 Å². The van der Waals surface area contributed by atoms with Crippen molar-refractivity contribution in [1.82, 2.24) is 9.29 Å². The van der Waals surface area contributed by atoms with Crippen LogP contribution in [0.4, 0.5) is 13.9 Å². The van der Waals surface area contributed by atoms with Crippen LogP contribution < -0.4 is 9.64 Å². The Bertz CT molecular complexity index is 1550. The summed E-state index contributed by atoms with van der Waals surface area (Å²) in [5.74, 6) is -1.26. The van der Waals surface area contributed by atoms with E-state index in [9.17, 15) is 22.0 Å². The Kier molecular flexibility index (Phi) is 7.46. The van der Waals surface area contributed by atoms with Crippen LogP contribution in [-0.4, -0.2) is 43.3 Å². The van der Waals surface area contributed by atoms with Crippen LogP contribution in [-0.2, 0) is 21.4 Å². The second kappa shape index (κ2) is 10.8. The molecule has 4 aromatic rings. The molecule has 5 rings (SSSR count). The number of aromatic nitrogens is 1. The van der Waals surface area contributed by atoms with E-state index in [2.05, 4.69) is 4.98 Å². The summed E-state index contributed by atoms with van der Waals surface area (Å²) < 4.78 is 66.8. The third-order valence-corrected chi connectivity index (χ3v) is 9.32. The number of ether oxygens (including phenoxy) is 1. The van der Waals surface area contributed by atoms with E-state index < -0.39 is 32.5 Å². The average Bonchev–Trinajstić information content (AvgIpc) is 3.58. The molecule has 3 heterocycles. The number of thiazole rings is 1. The van der Waals surface area contributed by atoms with Crippen LogP contribution in [0.15, 0.2) is 64.1 Å². The van der Waals surface area contributed by atoms with Gasteiger partial charge in [0.15, 0.2) is 5.13 Å². The lowest BCUT2D eigenvalue weighted by atomic mass is 9.96. The molecule has 12 heteroatoms. The zero-order valence-electron chi connectivity index (χ0n) is 20.5. The highest BCUT2D eigenvalue weighted by molar-refractivity contribution is 7.89. The number of carbonyl (C=O) groups is 1. The number of anilines is 1. The van der Waals surface area contributed by atoms with Gasteiger partial charge in [-0.1, -0.05) is 11.3 Å². The first kappa shape index (κ1) is 26.3. The normalized spacial score (nSPS) is 15.1. The molecule has 0 unspecified atom stereocenters. The highest BCUT2D eigenvalue weighted by Gasteiger charge is 2.36. The van der Waals surface area contributed by atoms with E-state index in [1.165, 1.54) is 17.6 Å². The van der Waals surface area contributed by atoms with Gasteiger partial charge in [0.1, 0.15) is 28.0 Å². The lowest BCUT2D eigenvalue weighted by Gasteiger charge is -2.32. The third kappa shape index (κ3) is 5.29. The Labute approximate surface area is 222 Å². The maximum atomic E-state index is 14.2. The van der Waals surface area contributed by atoms with Gasteiger partial charge in [0, 0.05) is 19.0 Å². The van der Waals surface area contributed by atoms with Gasteiger partial charge < -0.3 is 9.15 Å². The molecule has 200 valence electrons. The van der Waals surface area contributed by atoms with Crippen molar-refractivity contribution in [3.8, 4) is 5.75 Å². The Morgan fingerprint density at radius 1 is 1.18 bits per heavy atom. The third-order valence-electron chi connectivity index (χ3n) is 6.36. The molecule has 1 saturated heterocycles. The summed E-state index contributed by atoms with van der Waals surface area (Å²) in [6, 6.07) is 11.4. The summed E-state index contributed by atoms with van der Waals surface area (Å²) in [5.41, 5.74) is 0.726. The van der Waals surface area contributed by atoms with Crippen molar-refractivity contribution in [2.45, 2.75) is 31.2 Å². The van der Waals surface area contributed by atoms with Crippen molar-refractivity contribution in [3.63, 3.8) is 0 Å². The molecule has 0 bridgehead atoms. The van der Waals surface area contributed by atoms with Crippen molar-refractivity contribution in [1.29, 1.82) is 0 Å². The SMILES string of the molecule is CCOc1ccc2nc(N(Cc3ccco3)C(=O)C3CCN(S(=O)(=O)c4cc(F)ccc4F)CC3)sc2c1. The molecule has 0 spiro atoms. The molecule has 2 aromatic carbocycles. The number of halogens is 2. The van der Waals surface area contributed by atoms with Crippen molar-refractivity contribution < 1.29 is 31.1 Å². The second-order valence-electron chi connectivity index (χ2n) is 8.82. The Balaban J connectivity index is 1.37. The minimum absolute atomic E-state index is 0.000840. The molecule has 1 aliphatic rings. The quantitative estimate of drug-likeness (QED) is 0.294. The number of carbonyl (C=O) groups excluding carboxylic acids is 1.